The first-order valence-corrected chi connectivity index (χ1v) is 8.19. The van der Waals surface area contributed by atoms with Gasteiger partial charge in [-0.05, 0) is 60.9 Å². The number of benzene rings is 2. The maximum absolute atomic E-state index is 13.5. The van der Waals surface area contributed by atoms with E-state index in [2.05, 4.69) is 37.2 Å². The van der Waals surface area contributed by atoms with Crippen LogP contribution in [0.5, 0.6) is 0 Å². The third-order valence-electron chi connectivity index (χ3n) is 3.35. The molecule has 0 amide bonds. The van der Waals surface area contributed by atoms with Crippen LogP contribution < -0.4 is 11.1 Å². The van der Waals surface area contributed by atoms with Crippen molar-refractivity contribution in [2.75, 3.05) is 11.9 Å². The Morgan fingerprint density at radius 3 is 2.33 bits per heavy atom. The quantitative estimate of drug-likeness (QED) is 0.730. The molecule has 0 aliphatic rings. The molecule has 2 nitrogen and oxygen atoms in total. The van der Waals surface area contributed by atoms with Crippen LogP contribution in [0.15, 0.2) is 39.3 Å². The molecule has 0 aliphatic carbocycles. The lowest BCUT2D eigenvalue weighted by Crippen LogP contribution is -2.21. The van der Waals surface area contributed by atoms with Crippen molar-refractivity contribution in [2.45, 2.75) is 19.9 Å². The van der Waals surface area contributed by atoms with Gasteiger partial charge in [0.15, 0.2) is 0 Å². The zero-order valence-corrected chi connectivity index (χ0v) is 15.1. The van der Waals surface area contributed by atoms with Gasteiger partial charge in [-0.2, -0.15) is 0 Å². The van der Waals surface area contributed by atoms with Crippen molar-refractivity contribution < 1.29 is 4.39 Å². The zero-order chi connectivity index (χ0) is 15.6. The van der Waals surface area contributed by atoms with Gasteiger partial charge >= 0.3 is 0 Å². The molecule has 2 aromatic rings. The van der Waals surface area contributed by atoms with Crippen LogP contribution in [0.25, 0.3) is 0 Å². The molecule has 0 saturated carbocycles. The van der Waals surface area contributed by atoms with E-state index in [1.165, 1.54) is 12.1 Å². The van der Waals surface area contributed by atoms with Crippen LogP contribution in [-0.4, -0.2) is 6.54 Å². The lowest BCUT2D eigenvalue weighted by atomic mass is 10.1. The van der Waals surface area contributed by atoms with Crippen LogP contribution in [0, 0.1) is 19.7 Å². The lowest BCUT2D eigenvalue weighted by Gasteiger charge is -2.21. The number of nitrogens with two attached hydrogens (primary N) is 1. The molecule has 5 heteroatoms. The van der Waals surface area contributed by atoms with E-state index in [1.807, 2.05) is 26.0 Å². The van der Waals surface area contributed by atoms with Crippen LogP contribution in [0.3, 0.4) is 0 Å². The molecule has 21 heavy (non-hydrogen) atoms. The largest absolute Gasteiger partial charge is 0.377 e. The highest BCUT2D eigenvalue weighted by Crippen LogP contribution is 2.30. The van der Waals surface area contributed by atoms with Crippen LogP contribution in [0.4, 0.5) is 10.1 Å². The maximum atomic E-state index is 13.5. The van der Waals surface area contributed by atoms with Gasteiger partial charge < -0.3 is 11.1 Å². The summed E-state index contributed by atoms with van der Waals surface area (Å²) in [6, 6.07) is 8.57. The molecule has 0 aromatic heterocycles. The van der Waals surface area contributed by atoms with Crippen LogP contribution >= 0.6 is 31.9 Å². The first kappa shape index (κ1) is 16.5. The van der Waals surface area contributed by atoms with E-state index in [0.717, 1.165) is 31.3 Å². The van der Waals surface area contributed by atoms with Gasteiger partial charge in [-0.25, -0.2) is 4.39 Å². The fourth-order valence-corrected chi connectivity index (χ4v) is 3.03. The first-order chi connectivity index (χ1) is 9.92. The molecular formula is C16H17Br2FN2. The first-order valence-electron chi connectivity index (χ1n) is 6.60. The Kier molecular flexibility index (Phi) is 5.41. The minimum Gasteiger partial charge on any atom is -0.377 e. The maximum Gasteiger partial charge on any atom is 0.123 e. The van der Waals surface area contributed by atoms with E-state index in [0.29, 0.717) is 6.54 Å². The Labute approximate surface area is 141 Å². The van der Waals surface area contributed by atoms with Gasteiger partial charge in [0.25, 0.3) is 0 Å². The van der Waals surface area contributed by atoms with Gasteiger partial charge in [0.2, 0.25) is 0 Å². The molecule has 3 N–H and O–H groups in total. The van der Waals surface area contributed by atoms with Crippen molar-refractivity contribution in [1.82, 2.24) is 0 Å². The van der Waals surface area contributed by atoms with Crippen LogP contribution in [-0.2, 0) is 0 Å². The third-order valence-corrected chi connectivity index (χ3v) is 5.32. The Hall–Kier alpha value is -0.910. The van der Waals surface area contributed by atoms with Crippen molar-refractivity contribution in [2.24, 2.45) is 5.73 Å². The second-order valence-electron chi connectivity index (χ2n) is 5.02. The molecule has 0 heterocycles. The average Bonchev–Trinajstić information content (AvgIpc) is 2.45. The minimum absolute atomic E-state index is 0.157. The van der Waals surface area contributed by atoms with Gasteiger partial charge in [-0.3, -0.25) is 0 Å². The fraction of sp³-hybridized carbons (Fsp3) is 0.250. The van der Waals surface area contributed by atoms with E-state index >= 15 is 0 Å². The molecule has 0 bridgehead atoms. The van der Waals surface area contributed by atoms with Gasteiger partial charge in [0.1, 0.15) is 5.82 Å². The van der Waals surface area contributed by atoms with E-state index in [-0.39, 0.29) is 11.9 Å². The van der Waals surface area contributed by atoms with E-state index < -0.39 is 0 Å². The minimum atomic E-state index is -0.267. The number of hydrogen-bond donors (Lipinski definition) is 2. The van der Waals surface area contributed by atoms with Crippen molar-refractivity contribution in [1.29, 1.82) is 0 Å². The average molecular weight is 416 g/mol. The van der Waals surface area contributed by atoms with Crippen molar-refractivity contribution in [3.8, 4) is 0 Å². The molecule has 112 valence electrons. The summed E-state index contributed by atoms with van der Waals surface area (Å²) in [6.45, 7) is 4.45. The normalized spacial score (nSPS) is 12.3. The molecule has 0 fully saturated rings. The molecule has 1 atom stereocenters. The number of halogens is 3. The Morgan fingerprint density at radius 1 is 1.14 bits per heavy atom. The SMILES string of the molecule is Cc1cc(NC(CN)c2cc(F)ccc2Br)cc(C)c1Br. The highest BCUT2D eigenvalue weighted by Gasteiger charge is 2.14. The van der Waals surface area contributed by atoms with Crippen molar-refractivity contribution >= 4 is 37.5 Å². The Morgan fingerprint density at radius 2 is 1.76 bits per heavy atom. The van der Waals surface area contributed by atoms with E-state index in [4.69, 9.17) is 5.73 Å². The molecule has 0 radical (unpaired) electrons. The Balaban J connectivity index is 2.33. The standard InChI is InChI=1S/C16H17Br2FN2/c1-9-5-12(6-10(2)16(9)18)21-15(8-20)13-7-11(19)3-4-14(13)17/h3-7,15,21H,8,20H2,1-2H3. The number of hydrogen-bond acceptors (Lipinski definition) is 2. The number of anilines is 1. The molecule has 2 aromatic carbocycles. The highest BCUT2D eigenvalue weighted by atomic mass is 79.9. The zero-order valence-electron chi connectivity index (χ0n) is 11.9. The summed E-state index contributed by atoms with van der Waals surface area (Å²) in [4.78, 5) is 0. The lowest BCUT2D eigenvalue weighted by molar-refractivity contribution is 0.621. The summed E-state index contributed by atoms with van der Waals surface area (Å²) in [5, 5.41) is 3.38. The molecule has 0 aliphatic heterocycles. The molecule has 1 unspecified atom stereocenters. The van der Waals surface area contributed by atoms with Crippen LogP contribution in [0.2, 0.25) is 0 Å². The van der Waals surface area contributed by atoms with Gasteiger partial charge in [-0.15, -0.1) is 0 Å². The topological polar surface area (TPSA) is 38.0 Å². The summed E-state index contributed by atoms with van der Waals surface area (Å²) in [7, 11) is 0. The molecule has 0 saturated heterocycles. The predicted molar refractivity (Wildman–Crippen MR) is 93.1 cm³/mol. The van der Waals surface area contributed by atoms with Gasteiger partial charge in [-0.1, -0.05) is 31.9 Å². The number of rotatable bonds is 4. The van der Waals surface area contributed by atoms with Crippen molar-refractivity contribution in [3.05, 3.63) is 61.8 Å². The monoisotopic (exact) mass is 414 g/mol. The predicted octanol–water partition coefficient (Wildman–Crippen LogP) is 5.08. The van der Waals surface area contributed by atoms with Gasteiger partial charge in [0.05, 0.1) is 6.04 Å². The van der Waals surface area contributed by atoms with E-state index in [1.54, 1.807) is 6.07 Å². The van der Waals surface area contributed by atoms with Crippen molar-refractivity contribution in [3.63, 3.8) is 0 Å². The highest BCUT2D eigenvalue weighted by molar-refractivity contribution is 9.10. The summed E-state index contributed by atoms with van der Waals surface area (Å²) in [5.41, 5.74) is 9.94. The molecular weight excluding hydrogens is 399 g/mol. The van der Waals surface area contributed by atoms with E-state index in [9.17, 15) is 4.39 Å². The van der Waals surface area contributed by atoms with Gasteiger partial charge in [0, 0.05) is 21.2 Å². The summed E-state index contributed by atoms with van der Waals surface area (Å²) in [5.74, 6) is -0.267. The third kappa shape index (κ3) is 3.84. The number of aryl methyl sites for hydroxylation is 2. The Bertz CT molecular complexity index is 636. The fourth-order valence-electron chi connectivity index (χ4n) is 2.28. The van der Waals surface area contributed by atoms with Crippen LogP contribution in [0.1, 0.15) is 22.7 Å². The second-order valence-corrected chi connectivity index (χ2v) is 6.67. The summed E-state index contributed by atoms with van der Waals surface area (Å²) >= 11 is 7.01. The smallest absolute Gasteiger partial charge is 0.123 e. The summed E-state index contributed by atoms with van der Waals surface area (Å²) < 4.78 is 15.4. The summed E-state index contributed by atoms with van der Waals surface area (Å²) in [6.07, 6.45) is 0. The molecule has 0 spiro atoms. The molecule has 2 rings (SSSR count). The number of nitrogens with one attached hydrogen (secondary N) is 1. The second kappa shape index (κ2) is 6.90.